The van der Waals surface area contributed by atoms with Crippen LogP contribution in [0.3, 0.4) is 0 Å². The molecule has 0 saturated carbocycles. The van der Waals surface area contributed by atoms with E-state index in [0.29, 0.717) is 12.0 Å². The maximum atomic E-state index is 6.07. The first-order chi connectivity index (χ1) is 7.02. The van der Waals surface area contributed by atoms with E-state index < -0.39 is 0 Å². The van der Waals surface area contributed by atoms with Crippen molar-refractivity contribution in [2.24, 2.45) is 11.7 Å². The summed E-state index contributed by atoms with van der Waals surface area (Å²) in [7, 11) is 2.25. The number of thioether (sulfide) groups is 1. The topological polar surface area (TPSA) is 29.3 Å². The summed E-state index contributed by atoms with van der Waals surface area (Å²) in [6.07, 6.45) is 2.47. The van der Waals surface area contributed by atoms with Gasteiger partial charge in [0.05, 0.1) is 0 Å². The van der Waals surface area contributed by atoms with Gasteiger partial charge in [-0.1, -0.05) is 20.8 Å². The molecule has 1 heterocycles. The van der Waals surface area contributed by atoms with Crippen LogP contribution in [0.1, 0.15) is 33.6 Å². The van der Waals surface area contributed by atoms with Gasteiger partial charge in [-0.05, 0) is 38.1 Å². The first-order valence-corrected chi connectivity index (χ1v) is 7.14. The molecule has 2 nitrogen and oxygen atoms in total. The maximum Gasteiger partial charge on any atom is 0.0216 e. The van der Waals surface area contributed by atoms with Gasteiger partial charge in [-0.15, -0.1) is 0 Å². The minimum absolute atomic E-state index is 0.358. The molecule has 1 saturated heterocycles. The highest BCUT2D eigenvalue weighted by Crippen LogP contribution is 2.29. The summed E-state index contributed by atoms with van der Waals surface area (Å²) in [4.78, 5) is 2.51. The van der Waals surface area contributed by atoms with E-state index in [1.165, 1.54) is 12.2 Å². The van der Waals surface area contributed by atoms with Crippen LogP contribution in [0, 0.1) is 5.92 Å². The smallest absolute Gasteiger partial charge is 0.0216 e. The Morgan fingerprint density at radius 1 is 1.47 bits per heavy atom. The van der Waals surface area contributed by atoms with E-state index >= 15 is 0 Å². The zero-order valence-corrected chi connectivity index (χ0v) is 11.4. The van der Waals surface area contributed by atoms with Gasteiger partial charge < -0.3 is 10.6 Å². The molecule has 3 atom stereocenters. The molecule has 0 amide bonds. The summed E-state index contributed by atoms with van der Waals surface area (Å²) < 4.78 is 0. The van der Waals surface area contributed by atoms with E-state index in [2.05, 4.69) is 44.5 Å². The zero-order chi connectivity index (χ0) is 11.4. The van der Waals surface area contributed by atoms with Crippen molar-refractivity contribution in [3.63, 3.8) is 0 Å². The number of hydrogen-bond acceptors (Lipinski definition) is 3. The van der Waals surface area contributed by atoms with Crippen molar-refractivity contribution in [2.45, 2.75) is 50.9 Å². The molecule has 0 aromatic rings. The van der Waals surface area contributed by atoms with Gasteiger partial charge in [-0.25, -0.2) is 0 Å². The highest BCUT2D eigenvalue weighted by Gasteiger charge is 2.27. The van der Waals surface area contributed by atoms with Crippen LogP contribution in [-0.2, 0) is 0 Å². The van der Waals surface area contributed by atoms with Crippen LogP contribution < -0.4 is 5.73 Å². The van der Waals surface area contributed by atoms with Crippen LogP contribution >= 0.6 is 11.8 Å². The van der Waals surface area contributed by atoms with Crippen molar-refractivity contribution in [3.8, 4) is 0 Å². The fourth-order valence-corrected chi connectivity index (χ4v) is 3.47. The lowest BCUT2D eigenvalue weighted by molar-refractivity contribution is 0.227. The zero-order valence-electron chi connectivity index (χ0n) is 10.6. The number of nitrogens with two attached hydrogens (primary N) is 1. The van der Waals surface area contributed by atoms with Crippen molar-refractivity contribution < 1.29 is 0 Å². The lowest BCUT2D eigenvalue weighted by Gasteiger charge is -2.28. The molecule has 0 bridgehead atoms. The van der Waals surface area contributed by atoms with Gasteiger partial charge in [-0.3, -0.25) is 0 Å². The first kappa shape index (κ1) is 13.3. The lowest BCUT2D eigenvalue weighted by atomic mass is 10.0. The molecule has 1 rings (SSSR count). The van der Waals surface area contributed by atoms with Crippen molar-refractivity contribution >= 4 is 11.8 Å². The van der Waals surface area contributed by atoms with E-state index in [1.807, 2.05) is 0 Å². The number of nitrogens with zero attached hydrogens (tertiary/aromatic N) is 1. The molecule has 0 aromatic carbocycles. The molecule has 0 radical (unpaired) electrons. The highest BCUT2D eigenvalue weighted by atomic mass is 32.2. The molecule has 3 heteroatoms. The molecule has 15 heavy (non-hydrogen) atoms. The van der Waals surface area contributed by atoms with Crippen LogP contribution in [-0.4, -0.2) is 41.6 Å². The third-order valence-corrected chi connectivity index (χ3v) is 4.89. The van der Waals surface area contributed by atoms with Crippen LogP contribution in [0.5, 0.6) is 0 Å². The quantitative estimate of drug-likeness (QED) is 0.785. The second-order valence-corrected chi connectivity index (χ2v) is 6.59. The summed E-state index contributed by atoms with van der Waals surface area (Å²) in [5.41, 5.74) is 6.07. The molecule has 90 valence electrons. The molecule has 2 N–H and O–H groups in total. The Hall–Kier alpha value is 0.270. The minimum atomic E-state index is 0.358. The molecule has 1 fully saturated rings. The van der Waals surface area contributed by atoms with E-state index in [0.717, 1.165) is 24.3 Å². The molecule has 0 aliphatic carbocycles. The predicted molar refractivity (Wildman–Crippen MR) is 70.4 cm³/mol. The van der Waals surface area contributed by atoms with E-state index in [9.17, 15) is 0 Å². The molecule has 0 aromatic heterocycles. The summed E-state index contributed by atoms with van der Waals surface area (Å²) in [6, 6.07) is 1.13. The van der Waals surface area contributed by atoms with Gasteiger partial charge in [0.25, 0.3) is 0 Å². The lowest BCUT2D eigenvalue weighted by Crippen LogP contribution is -2.39. The summed E-state index contributed by atoms with van der Waals surface area (Å²) in [6.45, 7) is 7.91. The molecular weight excluding hydrogens is 204 g/mol. The molecule has 0 spiro atoms. The second-order valence-electron chi connectivity index (χ2n) is 5.11. The predicted octanol–water partition coefficient (Wildman–Crippen LogP) is 2.19. The van der Waals surface area contributed by atoms with Crippen LogP contribution in [0.25, 0.3) is 0 Å². The second kappa shape index (κ2) is 6.12. The first-order valence-electron chi connectivity index (χ1n) is 6.09. The van der Waals surface area contributed by atoms with E-state index in [-0.39, 0.29) is 0 Å². The summed E-state index contributed by atoms with van der Waals surface area (Å²) >= 11 is 2.10. The Morgan fingerprint density at radius 3 is 2.60 bits per heavy atom. The van der Waals surface area contributed by atoms with Crippen molar-refractivity contribution in [2.75, 3.05) is 19.3 Å². The molecule has 1 aliphatic heterocycles. The van der Waals surface area contributed by atoms with Gasteiger partial charge in [0, 0.05) is 17.3 Å². The maximum absolute atomic E-state index is 6.07. The van der Waals surface area contributed by atoms with Crippen LogP contribution in [0.4, 0.5) is 0 Å². The standard InChI is InChI=1S/C12H26N2S/c1-9(2)11(13)5-7-14(4)12-6-8-15-10(12)3/h9-12H,5-8,13H2,1-4H3. The molecule has 3 unspecified atom stereocenters. The number of hydrogen-bond donors (Lipinski definition) is 1. The summed E-state index contributed by atoms with van der Waals surface area (Å²) in [5.74, 6) is 1.93. The average Bonchev–Trinajstić information content (AvgIpc) is 2.60. The van der Waals surface area contributed by atoms with Gasteiger partial charge >= 0.3 is 0 Å². The van der Waals surface area contributed by atoms with Crippen molar-refractivity contribution in [1.82, 2.24) is 4.90 Å². The SMILES string of the molecule is CC(C)C(N)CCN(C)C1CCSC1C. The Kier molecular flexibility index (Phi) is 5.44. The fourth-order valence-electron chi connectivity index (χ4n) is 2.15. The van der Waals surface area contributed by atoms with Crippen molar-refractivity contribution in [3.05, 3.63) is 0 Å². The fraction of sp³-hybridized carbons (Fsp3) is 1.00. The Balaban J connectivity index is 2.26. The number of rotatable bonds is 5. The third-order valence-electron chi connectivity index (χ3n) is 3.57. The van der Waals surface area contributed by atoms with Gasteiger partial charge in [0.1, 0.15) is 0 Å². The third kappa shape index (κ3) is 3.97. The van der Waals surface area contributed by atoms with E-state index in [4.69, 9.17) is 5.73 Å². The van der Waals surface area contributed by atoms with Crippen LogP contribution in [0.2, 0.25) is 0 Å². The van der Waals surface area contributed by atoms with Gasteiger partial charge in [0.2, 0.25) is 0 Å². The Bertz CT molecular complexity index is 184. The normalized spacial score (nSPS) is 29.0. The monoisotopic (exact) mass is 230 g/mol. The summed E-state index contributed by atoms with van der Waals surface area (Å²) in [5, 5.41) is 0.797. The van der Waals surface area contributed by atoms with Gasteiger partial charge in [-0.2, -0.15) is 11.8 Å². The van der Waals surface area contributed by atoms with Gasteiger partial charge in [0.15, 0.2) is 0 Å². The molecule has 1 aliphatic rings. The van der Waals surface area contributed by atoms with Crippen LogP contribution in [0.15, 0.2) is 0 Å². The van der Waals surface area contributed by atoms with E-state index in [1.54, 1.807) is 0 Å². The minimum Gasteiger partial charge on any atom is -0.327 e. The average molecular weight is 230 g/mol. The largest absolute Gasteiger partial charge is 0.327 e. The van der Waals surface area contributed by atoms with Crippen molar-refractivity contribution in [1.29, 1.82) is 0 Å². The molecular formula is C12H26N2S. The Labute approximate surface area is 99.0 Å². The Morgan fingerprint density at radius 2 is 2.13 bits per heavy atom. The highest BCUT2D eigenvalue weighted by molar-refractivity contribution is 8.00.